The van der Waals surface area contributed by atoms with Gasteiger partial charge in [-0.2, -0.15) is 0 Å². The lowest BCUT2D eigenvalue weighted by Gasteiger charge is -2.36. The van der Waals surface area contributed by atoms with Crippen LogP contribution in [0.2, 0.25) is 0 Å². The van der Waals surface area contributed by atoms with Gasteiger partial charge in [-0.05, 0) is 5.56 Å². The van der Waals surface area contributed by atoms with E-state index in [0.717, 1.165) is 5.56 Å². The van der Waals surface area contributed by atoms with Crippen LogP contribution in [0.3, 0.4) is 0 Å². The topological polar surface area (TPSA) is 55.8 Å². The van der Waals surface area contributed by atoms with Crippen LogP contribution in [0.1, 0.15) is 24.8 Å². The quantitative estimate of drug-likeness (QED) is 0.926. The van der Waals surface area contributed by atoms with Crippen molar-refractivity contribution in [1.82, 2.24) is 0 Å². The van der Waals surface area contributed by atoms with Crippen molar-refractivity contribution >= 4 is 11.9 Å². The molecule has 4 heteroatoms. The van der Waals surface area contributed by atoms with E-state index in [1.165, 1.54) is 0 Å². The van der Waals surface area contributed by atoms with E-state index in [4.69, 9.17) is 9.47 Å². The van der Waals surface area contributed by atoms with Crippen molar-refractivity contribution in [2.75, 3.05) is 13.2 Å². The summed E-state index contributed by atoms with van der Waals surface area (Å²) >= 11 is 0. The van der Waals surface area contributed by atoms with E-state index in [9.17, 15) is 9.90 Å². The van der Waals surface area contributed by atoms with Gasteiger partial charge in [-0.3, -0.25) is 4.79 Å². The minimum atomic E-state index is -0.803. The number of carbonyl (C=O) groups is 1. The van der Waals surface area contributed by atoms with Crippen LogP contribution in [0.4, 0.5) is 0 Å². The van der Waals surface area contributed by atoms with Gasteiger partial charge in [0.05, 0.1) is 25.2 Å². The highest BCUT2D eigenvalue weighted by molar-refractivity contribution is 5.83. The van der Waals surface area contributed by atoms with Crippen molar-refractivity contribution < 1.29 is 19.4 Å². The van der Waals surface area contributed by atoms with E-state index in [-0.39, 0.29) is 5.78 Å². The first-order valence-electron chi connectivity index (χ1n) is 7.40. The Kier molecular flexibility index (Phi) is 4.19. The maximum Gasteiger partial charge on any atom is 0.169 e. The number of aliphatic hydroxyl groups excluding tert-OH is 1. The van der Waals surface area contributed by atoms with Crippen molar-refractivity contribution in [3.05, 3.63) is 42.0 Å². The first-order chi connectivity index (χ1) is 10.2. The number of Topliss-reactive ketones (excluding diaryl/α,β-unsaturated/α-hetero) is 1. The monoisotopic (exact) mass is 288 g/mol. The fourth-order valence-corrected chi connectivity index (χ4v) is 3.03. The summed E-state index contributed by atoms with van der Waals surface area (Å²) in [4.78, 5) is 12.1. The zero-order chi connectivity index (χ0) is 14.7. The Morgan fingerprint density at radius 2 is 1.95 bits per heavy atom. The zero-order valence-corrected chi connectivity index (χ0v) is 11.9. The van der Waals surface area contributed by atoms with Gasteiger partial charge in [0.15, 0.2) is 5.79 Å². The molecule has 1 saturated heterocycles. The lowest BCUT2D eigenvalue weighted by Crippen LogP contribution is -2.44. The van der Waals surface area contributed by atoms with E-state index in [2.05, 4.69) is 0 Å². The van der Waals surface area contributed by atoms with Crippen LogP contribution in [-0.2, 0) is 14.3 Å². The molecule has 1 aliphatic carbocycles. The summed E-state index contributed by atoms with van der Waals surface area (Å²) in [6.07, 6.45) is 4.16. The van der Waals surface area contributed by atoms with Crippen molar-refractivity contribution in [2.45, 2.75) is 31.2 Å². The molecule has 2 fully saturated rings. The largest absolute Gasteiger partial charge is 0.388 e. The average molecular weight is 288 g/mol. The van der Waals surface area contributed by atoms with Gasteiger partial charge >= 0.3 is 0 Å². The Morgan fingerprint density at radius 3 is 2.67 bits per heavy atom. The number of hydrogen-bond acceptors (Lipinski definition) is 4. The number of ketones is 1. The van der Waals surface area contributed by atoms with Crippen LogP contribution in [0.15, 0.2) is 36.4 Å². The van der Waals surface area contributed by atoms with Gasteiger partial charge in [0.2, 0.25) is 0 Å². The van der Waals surface area contributed by atoms with Crippen LogP contribution >= 0.6 is 0 Å². The Balaban J connectivity index is 1.69. The molecule has 1 aliphatic heterocycles. The maximum atomic E-state index is 12.1. The highest BCUT2D eigenvalue weighted by Crippen LogP contribution is 2.38. The van der Waals surface area contributed by atoms with E-state index in [0.29, 0.717) is 32.5 Å². The predicted molar refractivity (Wildman–Crippen MR) is 78.5 cm³/mol. The number of carbonyl (C=O) groups excluding carboxylic acids is 1. The molecular formula is C17H20O4. The first kappa shape index (κ1) is 14.4. The predicted octanol–water partition coefficient (Wildman–Crippen LogP) is 2.17. The van der Waals surface area contributed by atoms with Gasteiger partial charge < -0.3 is 14.6 Å². The molecular weight excluding hydrogens is 268 g/mol. The molecule has 1 saturated carbocycles. The third-order valence-electron chi connectivity index (χ3n) is 4.21. The SMILES string of the molecule is O=C1CCC2(C[C@H]1[C@H](O)/C=C/c1ccccc1)OCCO2. The van der Waals surface area contributed by atoms with E-state index in [1.807, 2.05) is 36.4 Å². The van der Waals surface area contributed by atoms with Gasteiger partial charge in [-0.15, -0.1) is 0 Å². The molecule has 1 N–H and O–H groups in total. The van der Waals surface area contributed by atoms with E-state index >= 15 is 0 Å². The standard InChI is InChI=1S/C17H20O4/c18-15(7-6-13-4-2-1-3-5-13)14-12-17(9-8-16(14)19)20-10-11-21-17/h1-7,14-15,18H,8-12H2/b7-6+/t14-,15+/m0/s1. The van der Waals surface area contributed by atoms with Gasteiger partial charge in [0.1, 0.15) is 5.78 Å². The van der Waals surface area contributed by atoms with Gasteiger partial charge in [0.25, 0.3) is 0 Å². The molecule has 1 aromatic carbocycles. The zero-order valence-electron chi connectivity index (χ0n) is 11.9. The van der Waals surface area contributed by atoms with E-state index < -0.39 is 17.8 Å². The normalized spacial score (nSPS) is 26.5. The molecule has 0 radical (unpaired) electrons. The maximum absolute atomic E-state index is 12.1. The van der Waals surface area contributed by atoms with Gasteiger partial charge in [-0.25, -0.2) is 0 Å². The van der Waals surface area contributed by atoms with Gasteiger partial charge in [-0.1, -0.05) is 42.5 Å². The Labute approximate surface area is 124 Å². The molecule has 0 amide bonds. The lowest BCUT2D eigenvalue weighted by molar-refractivity contribution is -0.193. The van der Waals surface area contributed by atoms with Crippen LogP contribution in [-0.4, -0.2) is 36.0 Å². The molecule has 3 rings (SSSR count). The lowest BCUT2D eigenvalue weighted by atomic mass is 9.80. The fraction of sp³-hybridized carbons (Fsp3) is 0.471. The van der Waals surface area contributed by atoms with Gasteiger partial charge in [0, 0.05) is 19.3 Å². The third kappa shape index (κ3) is 3.23. The van der Waals surface area contributed by atoms with Crippen molar-refractivity contribution in [2.24, 2.45) is 5.92 Å². The molecule has 1 spiro atoms. The van der Waals surface area contributed by atoms with Crippen molar-refractivity contribution in [1.29, 1.82) is 0 Å². The molecule has 2 aliphatic rings. The number of aliphatic hydroxyl groups is 1. The molecule has 4 nitrogen and oxygen atoms in total. The summed E-state index contributed by atoms with van der Waals surface area (Å²) in [5.41, 5.74) is 1.00. The molecule has 21 heavy (non-hydrogen) atoms. The van der Waals surface area contributed by atoms with Crippen LogP contribution in [0.25, 0.3) is 6.08 Å². The smallest absolute Gasteiger partial charge is 0.169 e. The second-order valence-corrected chi connectivity index (χ2v) is 5.64. The minimum absolute atomic E-state index is 0.0879. The molecule has 2 atom stereocenters. The Bertz CT molecular complexity index is 517. The molecule has 1 heterocycles. The van der Waals surface area contributed by atoms with Crippen molar-refractivity contribution in [3.63, 3.8) is 0 Å². The molecule has 0 bridgehead atoms. The number of rotatable bonds is 3. The second-order valence-electron chi connectivity index (χ2n) is 5.64. The molecule has 0 aromatic heterocycles. The second kappa shape index (κ2) is 6.10. The van der Waals surface area contributed by atoms with Crippen LogP contribution in [0.5, 0.6) is 0 Å². The Morgan fingerprint density at radius 1 is 1.24 bits per heavy atom. The summed E-state index contributed by atoms with van der Waals surface area (Å²) in [7, 11) is 0. The number of benzene rings is 1. The highest BCUT2D eigenvalue weighted by Gasteiger charge is 2.46. The van der Waals surface area contributed by atoms with Crippen LogP contribution in [0, 0.1) is 5.92 Å². The number of hydrogen-bond donors (Lipinski definition) is 1. The molecule has 0 unspecified atom stereocenters. The van der Waals surface area contributed by atoms with Crippen LogP contribution < -0.4 is 0 Å². The minimum Gasteiger partial charge on any atom is -0.388 e. The van der Waals surface area contributed by atoms with Crippen molar-refractivity contribution in [3.8, 4) is 0 Å². The first-order valence-corrected chi connectivity index (χ1v) is 7.40. The number of ether oxygens (including phenoxy) is 2. The van der Waals surface area contributed by atoms with E-state index in [1.54, 1.807) is 6.08 Å². The molecule has 112 valence electrons. The highest BCUT2D eigenvalue weighted by atomic mass is 16.7. The molecule has 1 aromatic rings. The summed E-state index contributed by atoms with van der Waals surface area (Å²) in [5.74, 6) is -1.01. The third-order valence-corrected chi connectivity index (χ3v) is 4.21. The summed E-state index contributed by atoms with van der Waals surface area (Å²) in [6, 6.07) is 9.73. The summed E-state index contributed by atoms with van der Waals surface area (Å²) in [5, 5.41) is 10.3. The summed E-state index contributed by atoms with van der Waals surface area (Å²) < 4.78 is 11.3. The fourth-order valence-electron chi connectivity index (χ4n) is 3.03. The summed E-state index contributed by atoms with van der Waals surface area (Å²) in [6.45, 7) is 1.13. The average Bonchev–Trinajstić information content (AvgIpc) is 2.97. The Hall–Kier alpha value is -1.49.